The predicted molar refractivity (Wildman–Crippen MR) is 102 cm³/mol. The lowest BCUT2D eigenvalue weighted by molar-refractivity contribution is 0.388. The summed E-state index contributed by atoms with van der Waals surface area (Å²) in [5.41, 5.74) is 2.01. The van der Waals surface area contributed by atoms with Crippen LogP contribution in [0, 0.1) is 0 Å². The third kappa shape index (κ3) is 3.10. The highest BCUT2D eigenvalue weighted by Crippen LogP contribution is 2.42. The van der Waals surface area contributed by atoms with Crippen LogP contribution in [0.3, 0.4) is 0 Å². The van der Waals surface area contributed by atoms with Crippen LogP contribution in [0.15, 0.2) is 42.6 Å². The molecule has 1 saturated heterocycles. The topological polar surface area (TPSA) is 60.4 Å². The minimum Gasteiger partial charge on any atom is -0.497 e. The number of ether oxygens (including phenoxy) is 2. The minimum atomic E-state index is 0.223. The zero-order valence-corrected chi connectivity index (χ0v) is 15.6. The molecule has 2 aromatic heterocycles. The van der Waals surface area contributed by atoms with Crippen molar-refractivity contribution in [2.24, 2.45) is 0 Å². The van der Waals surface area contributed by atoms with E-state index in [2.05, 4.69) is 26.1 Å². The van der Waals surface area contributed by atoms with E-state index in [0.29, 0.717) is 0 Å². The van der Waals surface area contributed by atoms with E-state index in [1.807, 2.05) is 30.3 Å². The molecule has 0 unspecified atom stereocenters. The third-order valence-electron chi connectivity index (χ3n) is 4.60. The standard InChI is InChI=1S/C19H20N4O2S/c1-24-13-8-9-14(17(12-13)25-2)16-7-5-11-23(16)19-22-21-18(26-19)15-6-3-4-10-20-15/h3-4,6,8-10,12,16H,5,7,11H2,1-2H3/t16-/m1/s1. The predicted octanol–water partition coefficient (Wildman–Crippen LogP) is 3.96. The summed E-state index contributed by atoms with van der Waals surface area (Å²) in [5, 5.41) is 10.5. The number of methoxy groups -OCH3 is 2. The van der Waals surface area contributed by atoms with Gasteiger partial charge in [0.1, 0.15) is 17.2 Å². The molecule has 0 saturated carbocycles. The minimum absolute atomic E-state index is 0.223. The molecule has 0 amide bonds. The summed E-state index contributed by atoms with van der Waals surface area (Å²) in [4.78, 5) is 6.68. The highest BCUT2D eigenvalue weighted by Gasteiger charge is 2.31. The van der Waals surface area contributed by atoms with E-state index >= 15 is 0 Å². The number of hydrogen-bond donors (Lipinski definition) is 0. The van der Waals surface area contributed by atoms with E-state index in [4.69, 9.17) is 9.47 Å². The Labute approximate surface area is 156 Å². The van der Waals surface area contributed by atoms with Crippen molar-refractivity contribution < 1.29 is 9.47 Å². The highest BCUT2D eigenvalue weighted by atomic mass is 32.1. The molecule has 4 rings (SSSR count). The smallest absolute Gasteiger partial charge is 0.209 e. The van der Waals surface area contributed by atoms with Crippen LogP contribution in [0.5, 0.6) is 11.5 Å². The molecule has 0 spiro atoms. The summed E-state index contributed by atoms with van der Waals surface area (Å²) in [5.74, 6) is 1.64. The fourth-order valence-corrected chi connectivity index (χ4v) is 4.23. The first-order valence-corrected chi connectivity index (χ1v) is 9.35. The highest BCUT2D eigenvalue weighted by molar-refractivity contribution is 7.18. The average Bonchev–Trinajstić information content (AvgIpc) is 3.37. The third-order valence-corrected chi connectivity index (χ3v) is 5.58. The Morgan fingerprint density at radius 3 is 2.81 bits per heavy atom. The molecule has 134 valence electrons. The molecule has 6 nitrogen and oxygen atoms in total. The summed E-state index contributed by atoms with van der Waals surface area (Å²) in [7, 11) is 3.36. The van der Waals surface area contributed by atoms with Gasteiger partial charge >= 0.3 is 0 Å². The Morgan fingerprint density at radius 1 is 1.12 bits per heavy atom. The molecule has 1 aliphatic rings. The van der Waals surface area contributed by atoms with Crippen molar-refractivity contribution in [3.05, 3.63) is 48.2 Å². The van der Waals surface area contributed by atoms with Gasteiger partial charge in [0, 0.05) is 24.4 Å². The number of aromatic nitrogens is 3. The van der Waals surface area contributed by atoms with Crippen molar-refractivity contribution >= 4 is 16.5 Å². The lowest BCUT2D eigenvalue weighted by Gasteiger charge is -2.25. The molecular formula is C19H20N4O2S. The van der Waals surface area contributed by atoms with Crippen molar-refractivity contribution in [3.8, 4) is 22.2 Å². The summed E-state index contributed by atoms with van der Waals surface area (Å²) >= 11 is 1.58. The van der Waals surface area contributed by atoms with Gasteiger partial charge in [0.05, 0.1) is 20.3 Å². The SMILES string of the molecule is COc1ccc([C@H]2CCCN2c2nnc(-c3ccccn3)s2)c(OC)c1. The van der Waals surface area contributed by atoms with Crippen molar-refractivity contribution in [3.63, 3.8) is 0 Å². The Kier molecular flexibility index (Phi) is 4.71. The maximum Gasteiger partial charge on any atom is 0.209 e. The monoisotopic (exact) mass is 368 g/mol. The van der Waals surface area contributed by atoms with Crippen LogP contribution in [0.1, 0.15) is 24.4 Å². The number of rotatable bonds is 5. The van der Waals surface area contributed by atoms with Gasteiger partial charge in [-0.05, 0) is 37.1 Å². The summed E-state index contributed by atoms with van der Waals surface area (Å²) in [6, 6.07) is 12.0. The number of hydrogen-bond acceptors (Lipinski definition) is 7. The fourth-order valence-electron chi connectivity index (χ4n) is 3.34. The Bertz CT molecular complexity index is 884. The first-order chi connectivity index (χ1) is 12.8. The van der Waals surface area contributed by atoms with Gasteiger partial charge in [0.2, 0.25) is 5.13 Å². The number of benzene rings is 1. The van der Waals surface area contributed by atoms with Gasteiger partial charge in [0.25, 0.3) is 0 Å². The van der Waals surface area contributed by atoms with Crippen LogP contribution < -0.4 is 14.4 Å². The summed E-state index contributed by atoms with van der Waals surface area (Å²) in [6.07, 6.45) is 3.94. The molecule has 0 N–H and O–H groups in total. The van der Waals surface area contributed by atoms with Crippen molar-refractivity contribution in [2.75, 3.05) is 25.7 Å². The van der Waals surface area contributed by atoms with Gasteiger partial charge in [-0.2, -0.15) is 0 Å². The largest absolute Gasteiger partial charge is 0.497 e. The molecule has 0 aliphatic carbocycles. The number of pyridine rings is 1. The van der Waals surface area contributed by atoms with E-state index in [0.717, 1.165) is 52.3 Å². The molecule has 1 aliphatic heterocycles. The second-order valence-corrected chi connectivity index (χ2v) is 7.02. The van der Waals surface area contributed by atoms with Crippen LogP contribution in [-0.4, -0.2) is 35.9 Å². The van der Waals surface area contributed by atoms with Crippen molar-refractivity contribution in [2.45, 2.75) is 18.9 Å². The van der Waals surface area contributed by atoms with Gasteiger partial charge in [-0.25, -0.2) is 0 Å². The maximum absolute atomic E-state index is 5.61. The molecule has 26 heavy (non-hydrogen) atoms. The number of nitrogens with zero attached hydrogens (tertiary/aromatic N) is 4. The van der Waals surface area contributed by atoms with Gasteiger partial charge in [-0.3, -0.25) is 4.98 Å². The second-order valence-electron chi connectivity index (χ2n) is 6.06. The maximum atomic E-state index is 5.61. The molecule has 1 fully saturated rings. The molecule has 7 heteroatoms. The normalized spacial score (nSPS) is 16.7. The number of anilines is 1. The molecule has 1 atom stereocenters. The zero-order valence-electron chi connectivity index (χ0n) is 14.8. The van der Waals surface area contributed by atoms with Gasteiger partial charge < -0.3 is 14.4 Å². The molecule has 3 heterocycles. The van der Waals surface area contributed by atoms with Crippen LogP contribution >= 0.6 is 11.3 Å². The van der Waals surface area contributed by atoms with Gasteiger partial charge in [-0.15, -0.1) is 10.2 Å². The average molecular weight is 368 g/mol. The van der Waals surface area contributed by atoms with E-state index in [1.165, 1.54) is 0 Å². The van der Waals surface area contributed by atoms with E-state index in [-0.39, 0.29) is 6.04 Å². The Morgan fingerprint density at radius 2 is 2.04 bits per heavy atom. The zero-order chi connectivity index (χ0) is 17.9. The Hall–Kier alpha value is -2.67. The molecular weight excluding hydrogens is 348 g/mol. The van der Waals surface area contributed by atoms with Gasteiger partial charge in [-0.1, -0.05) is 17.4 Å². The van der Waals surface area contributed by atoms with E-state index < -0.39 is 0 Å². The van der Waals surface area contributed by atoms with Crippen molar-refractivity contribution in [1.29, 1.82) is 0 Å². The summed E-state index contributed by atoms with van der Waals surface area (Å²) < 4.78 is 10.9. The first-order valence-electron chi connectivity index (χ1n) is 8.53. The van der Waals surface area contributed by atoms with Crippen LogP contribution in [0.4, 0.5) is 5.13 Å². The van der Waals surface area contributed by atoms with Crippen LogP contribution in [0.25, 0.3) is 10.7 Å². The second kappa shape index (κ2) is 7.29. The Balaban J connectivity index is 1.65. The molecule has 0 radical (unpaired) electrons. The molecule has 1 aromatic carbocycles. The van der Waals surface area contributed by atoms with E-state index in [1.54, 1.807) is 31.8 Å². The summed E-state index contributed by atoms with van der Waals surface area (Å²) in [6.45, 7) is 0.955. The quantitative estimate of drug-likeness (QED) is 0.679. The van der Waals surface area contributed by atoms with Gasteiger partial charge in [0.15, 0.2) is 5.01 Å². The first kappa shape index (κ1) is 16.8. The van der Waals surface area contributed by atoms with Crippen LogP contribution in [0.2, 0.25) is 0 Å². The van der Waals surface area contributed by atoms with Crippen LogP contribution in [-0.2, 0) is 0 Å². The van der Waals surface area contributed by atoms with E-state index in [9.17, 15) is 0 Å². The lowest BCUT2D eigenvalue weighted by atomic mass is 10.0. The molecule has 3 aromatic rings. The fraction of sp³-hybridized carbons (Fsp3) is 0.316. The lowest BCUT2D eigenvalue weighted by Crippen LogP contribution is -2.22. The molecule has 0 bridgehead atoms. The van der Waals surface area contributed by atoms with Crippen molar-refractivity contribution in [1.82, 2.24) is 15.2 Å².